The standard InChI is InChI=1S/C15H15N3O3/c19-15(18-17-10-12-2-1-5-16-12)9-11-3-4-13-14(8-11)21-7-6-20-13/h1-5,8,10,16H,6-7,9H2,(H,18,19). The highest BCUT2D eigenvalue weighted by atomic mass is 16.6. The molecule has 1 aromatic heterocycles. The maximum Gasteiger partial charge on any atom is 0.244 e. The third-order valence-electron chi connectivity index (χ3n) is 2.99. The summed E-state index contributed by atoms with van der Waals surface area (Å²) in [7, 11) is 0. The SMILES string of the molecule is O=C(Cc1ccc2c(c1)OCCO2)NN=Cc1ccc[nH]1. The van der Waals surface area contributed by atoms with Crippen LogP contribution in [0.5, 0.6) is 11.5 Å². The average Bonchev–Trinajstić information content (AvgIpc) is 3.00. The summed E-state index contributed by atoms with van der Waals surface area (Å²) in [6, 6.07) is 9.21. The third-order valence-corrected chi connectivity index (χ3v) is 2.99. The number of fused-ring (bicyclic) bond motifs is 1. The number of nitrogens with one attached hydrogen (secondary N) is 2. The van der Waals surface area contributed by atoms with Crippen molar-refractivity contribution in [2.75, 3.05) is 13.2 Å². The van der Waals surface area contributed by atoms with E-state index >= 15 is 0 Å². The molecule has 0 bridgehead atoms. The van der Waals surface area contributed by atoms with E-state index < -0.39 is 0 Å². The lowest BCUT2D eigenvalue weighted by Gasteiger charge is -2.18. The second-order valence-corrected chi connectivity index (χ2v) is 4.57. The second kappa shape index (κ2) is 6.13. The normalized spacial score (nSPS) is 13.3. The molecule has 0 radical (unpaired) electrons. The number of hydrogen-bond acceptors (Lipinski definition) is 4. The Morgan fingerprint density at radius 1 is 1.29 bits per heavy atom. The van der Waals surface area contributed by atoms with Gasteiger partial charge in [0, 0.05) is 6.20 Å². The van der Waals surface area contributed by atoms with E-state index in [1.807, 2.05) is 30.3 Å². The second-order valence-electron chi connectivity index (χ2n) is 4.57. The number of hydrogen-bond donors (Lipinski definition) is 2. The topological polar surface area (TPSA) is 75.7 Å². The molecule has 1 amide bonds. The van der Waals surface area contributed by atoms with Crippen LogP contribution in [0.1, 0.15) is 11.3 Å². The van der Waals surface area contributed by atoms with Gasteiger partial charge in [-0.3, -0.25) is 4.79 Å². The van der Waals surface area contributed by atoms with E-state index in [9.17, 15) is 4.79 Å². The molecular weight excluding hydrogens is 270 g/mol. The molecule has 6 heteroatoms. The summed E-state index contributed by atoms with van der Waals surface area (Å²) in [5.74, 6) is 1.21. The van der Waals surface area contributed by atoms with Crippen LogP contribution in [0, 0.1) is 0 Å². The van der Waals surface area contributed by atoms with Crippen LogP contribution >= 0.6 is 0 Å². The molecular formula is C15H15N3O3. The first kappa shape index (κ1) is 13.2. The summed E-state index contributed by atoms with van der Waals surface area (Å²) >= 11 is 0. The van der Waals surface area contributed by atoms with Crippen molar-refractivity contribution in [3.05, 3.63) is 47.8 Å². The molecule has 1 aromatic carbocycles. The van der Waals surface area contributed by atoms with E-state index in [2.05, 4.69) is 15.5 Å². The third kappa shape index (κ3) is 3.42. The zero-order chi connectivity index (χ0) is 14.5. The summed E-state index contributed by atoms with van der Waals surface area (Å²) in [5.41, 5.74) is 4.17. The Balaban J connectivity index is 1.57. The van der Waals surface area contributed by atoms with Gasteiger partial charge in [0.05, 0.1) is 18.3 Å². The Morgan fingerprint density at radius 3 is 2.95 bits per heavy atom. The lowest BCUT2D eigenvalue weighted by molar-refractivity contribution is -0.120. The van der Waals surface area contributed by atoms with Crippen LogP contribution in [0.25, 0.3) is 0 Å². The van der Waals surface area contributed by atoms with Gasteiger partial charge in [0.15, 0.2) is 11.5 Å². The maximum absolute atomic E-state index is 11.8. The highest BCUT2D eigenvalue weighted by Crippen LogP contribution is 2.30. The smallest absolute Gasteiger partial charge is 0.244 e. The van der Waals surface area contributed by atoms with Crippen LogP contribution in [0.4, 0.5) is 0 Å². The van der Waals surface area contributed by atoms with E-state index in [4.69, 9.17) is 9.47 Å². The number of amides is 1. The molecule has 0 unspecified atom stereocenters. The zero-order valence-corrected chi connectivity index (χ0v) is 11.3. The van der Waals surface area contributed by atoms with Crippen molar-refractivity contribution in [1.29, 1.82) is 0 Å². The van der Waals surface area contributed by atoms with Crippen LogP contribution in [0.15, 0.2) is 41.6 Å². The van der Waals surface area contributed by atoms with Gasteiger partial charge in [-0.1, -0.05) is 6.07 Å². The van der Waals surface area contributed by atoms with Gasteiger partial charge in [0.2, 0.25) is 5.91 Å². The monoisotopic (exact) mass is 285 g/mol. The van der Waals surface area contributed by atoms with Crippen LogP contribution in [-0.4, -0.2) is 30.3 Å². The summed E-state index contributed by atoms with van der Waals surface area (Å²) < 4.78 is 10.9. The lowest BCUT2D eigenvalue weighted by Crippen LogP contribution is -2.20. The Morgan fingerprint density at radius 2 is 2.14 bits per heavy atom. The largest absolute Gasteiger partial charge is 0.486 e. The van der Waals surface area contributed by atoms with Gasteiger partial charge >= 0.3 is 0 Å². The van der Waals surface area contributed by atoms with Crippen LogP contribution in [0.3, 0.4) is 0 Å². The molecule has 2 aromatic rings. The molecule has 1 aliphatic rings. The van der Waals surface area contributed by atoms with Crippen LogP contribution in [0.2, 0.25) is 0 Å². The fraction of sp³-hybridized carbons (Fsp3) is 0.200. The molecule has 0 saturated carbocycles. The number of aromatic nitrogens is 1. The Bertz CT molecular complexity index is 650. The van der Waals surface area contributed by atoms with Crippen LogP contribution < -0.4 is 14.9 Å². The summed E-state index contributed by atoms with van der Waals surface area (Å²) in [5, 5.41) is 3.89. The number of hydrazone groups is 1. The molecule has 0 spiro atoms. The summed E-state index contributed by atoms with van der Waals surface area (Å²) in [6.07, 6.45) is 3.58. The highest BCUT2D eigenvalue weighted by molar-refractivity contribution is 5.82. The molecule has 0 aliphatic carbocycles. The average molecular weight is 285 g/mol. The van der Waals surface area contributed by atoms with Crippen molar-refractivity contribution < 1.29 is 14.3 Å². The molecule has 2 heterocycles. The van der Waals surface area contributed by atoms with E-state index in [0.29, 0.717) is 19.0 Å². The molecule has 0 atom stereocenters. The number of nitrogens with zero attached hydrogens (tertiary/aromatic N) is 1. The van der Waals surface area contributed by atoms with Gasteiger partial charge in [-0.25, -0.2) is 5.43 Å². The zero-order valence-electron chi connectivity index (χ0n) is 11.3. The fourth-order valence-corrected chi connectivity index (χ4v) is 2.02. The van der Waals surface area contributed by atoms with Crippen molar-refractivity contribution >= 4 is 12.1 Å². The predicted molar refractivity (Wildman–Crippen MR) is 77.7 cm³/mol. The van der Waals surface area contributed by atoms with E-state index in [1.165, 1.54) is 0 Å². The number of carbonyl (C=O) groups excluding carboxylic acids is 1. The first-order valence-electron chi connectivity index (χ1n) is 6.65. The van der Waals surface area contributed by atoms with Gasteiger partial charge in [-0.2, -0.15) is 5.10 Å². The van der Waals surface area contributed by atoms with Gasteiger partial charge in [0.1, 0.15) is 13.2 Å². The minimum absolute atomic E-state index is 0.186. The molecule has 2 N–H and O–H groups in total. The summed E-state index contributed by atoms with van der Waals surface area (Å²) in [4.78, 5) is 14.8. The van der Waals surface area contributed by atoms with Crippen molar-refractivity contribution in [2.24, 2.45) is 5.10 Å². The quantitative estimate of drug-likeness (QED) is 0.660. The van der Waals surface area contributed by atoms with Crippen LogP contribution in [-0.2, 0) is 11.2 Å². The Labute approximate surface area is 121 Å². The minimum atomic E-state index is -0.186. The first-order chi connectivity index (χ1) is 10.3. The highest BCUT2D eigenvalue weighted by Gasteiger charge is 2.12. The van der Waals surface area contributed by atoms with Crippen molar-refractivity contribution in [3.63, 3.8) is 0 Å². The number of ether oxygens (including phenoxy) is 2. The minimum Gasteiger partial charge on any atom is -0.486 e. The van der Waals surface area contributed by atoms with Crippen molar-refractivity contribution in [3.8, 4) is 11.5 Å². The predicted octanol–water partition coefficient (Wildman–Crippen LogP) is 1.48. The Hall–Kier alpha value is -2.76. The number of rotatable bonds is 4. The number of carbonyl (C=O) groups is 1. The van der Waals surface area contributed by atoms with E-state index in [-0.39, 0.29) is 12.3 Å². The maximum atomic E-state index is 11.8. The molecule has 0 fully saturated rings. The van der Waals surface area contributed by atoms with Gasteiger partial charge in [-0.05, 0) is 29.8 Å². The molecule has 21 heavy (non-hydrogen) atoms. The van der Waals surface area contributed by atoms with E-state index in [1.54, 1.807) is 12.4 Å². The summed E-state index contributed by atoms with van der Waals surface area (Å²) in [6.45, 7) is 1.09. The lowest BCUT2D eigenvalue weighted by atomic mass is 10.1. The molecule has 3 rings (SSSR count). The number of aromatic amines is 1. The molecule has 0 saturated heterocycles. The van der Waals surface area contributed by atoms with Gasteiger partial charge in [0.25, 0.3) is 0 Å². The van der Waals surface area contributed by atoms with Crippen molar-refractivity contribution in [2.45, 2.75) is 6.42 Å². The van der Waals surface area contributed by atoms with Gasteiger partial charge in [-0.15, -0.1) is 0 Å². The number of H-pyrrole nitrogens is 1. The van der Waals surface area contributed by atoms with Crippen molar-refractivity contribution in [1.82, 2.24) is 10.4 Å². The van der Waals surface area contributed by atoms with E-state index in [0.717, 1.165) is 17.0 Å². The first-order valence-corrected chi connectivity index (χ1v) is 6.65. The number of benzene rings is 1. The molecule has 6 nitrogen and oxygen atoms in total. The molecule has 1 aliphatic heterocycles. The Kier molecular flexibility index (Phi) is 3.86. The fourth-order valence-electron chi connectivity index (χ4n) is 2.02. The molecule has 108 valence electrons. The van der Waals surface area contributed by atoms with Gasteiger partial charge < -0.3 is 14.5 Å².